The lowest BCUT2D eigenvalue weighted by Crippen LogP contribution is -2.18. The Morgan fingerprint density at radius 1 is 1.23 bits per heavy atom. The number of benzene rings is 2. The lowest BCUT2D eigenvalue weighted by molar-refractivity contribution is 0.106. The van der Waals surface area contributed by atoms with Gasteiger partial charge in [-0.15, -0.1) is 0 Å². The van der Waals surface area contributed by atoms with Crippen LogP contribution in [-0.2, 0) is 0 Å². The molecular formula is C17H17FN2O2. The van der Waals surface area contributed by atoms with Crippen molar-refractivity contribution in [3.05, 3.63) is 59.4 Å². The fourth-order valence-electron chi connectivity index (χ4n) is 2.05. The quantitative estimate of drug-likeness (QED) is 0.524. The number of Topliss-reactive ketones (excluding diaryl/α,β-unsaturated/α-hetero) is 1. The van der Waals surface area contributed by atoms with Crippen LogP contribution in [0.25, 0.3) is 0 Å². The minimum Gasteiger partial charge on any atom is -0.497 e. The molecule has 0 saturated heterocycles. The average Bonchev–Trinajstić information content (AvgIpc) is 2.54. The van der Waals surface area contributed by atoms with Crippen molar-refractivity contribution in [2.75, 3.05) is 19.4 Å². The number of rotatable bonds is 5. The van der Waals surface area contributed by atoms with Gasteiger partial charge in [0.1, 0.15) is 17.3 Å². The van der Waals surface area contributed by atoms with Gasteiger partial charge in [0.2, 0.25) is 5.78 Å². The van der Waals surface area contributed by atoms with Crippen molar-refractivity contribution in [2.45, 2.75) is 6.92 Å². The van der Waals surface area contributed by atoms with E-state index in [4.69, 9.17) is 10.5 Å². The molecule has 0 bridgehead atoms. The van der Waals surface area contributed by atoms with E-state index < -0.39 is 5.82 Å². The molecule has 0 heterocycles. The molecular weight excluding hydrogens is 283 g/mol. The molecule has 114 valence electrons. The number of anilines is 1. The van der Waals surface area contributed by atoms with Crippen LogP contribution in [0.1, 0.15) is 22.8 Å². The summed E-state index contributed by atoms with van der Waals surface area (Å²) >= 11 is 0. The van der Waals surface area contributed by atoms with Gasteiger partial charge in [0, 0.05) is 23.4 Å². The van der Waals surface area contributed by atoms with E-state index in [1.165, 1.54) is 18.2 Å². The largest absolute Gasteiger partial charge is 0.497 e. The van der Waals surface area contributed by atoms with Gasteiger partial charge in [0.25, 0.3) is 0 Å². The second-order valence-corrected chi connectivity index (χ2v) is 4.61. The van der Waals surface area contributed by atoms with Gasteiger partial charge in [-0.05, 0) is 49.4 Å². The molecule has 0 amide bonds. The van der Waals surface area contributed by atoms with Crippen LogP contribution >= 0.6 is 0 Å². The van der Waals surface area contributed by atoms with Gasteiger partial charge in [-0.1, -0.05) is 0 Å². The molecule has 2 aromatic carbocycles. The lowest BCUT2D eigenvalue weighted by atomic mass is 9.99. The first-order valence-electron chi connectivity index (χ1n) is 6.85. The van der Waals surface area contributed by atoms with Crippen molar-refractivity contribution in [3.8, 4) is 5.75 Å². The summed E-state index contributed by atoms with van der Waals surface area (Å²) in [5.74, 6) is -0.117. The predicted octanol–water partition coefficient (Wildman–Crippen LogP) is 3.11. The summed E-state index contributed by atoms with van der Waals surface area (Å²) in [7, 11) is 1.55. The minimum atomic E-state index is -0.462. The highest BCUT2D eigenvalue weighted by Crippen LogP contribution is 2.19. The van der Waals surface area contributed by atoms with E-state index in [1.807, 2.05) is 0 Å². The van der Waals surface area contributed by atoms with Crippen LogP contribution in [0.3, 0.4) is 0 Å². The van der Waals surface area contributed by atoms with E-state index in [2.05, 4.69) is 4.99 Å². The van der Waals surface area contributed by atoms with Crippen LogP contribution in [0.15, 0.2) is 47.5 Å². The highest BCUT2D eigenvalue weighted by atomic mass is 19.1. The molecule has 5 heteroatoms. The number of carbonyl (C=O) groups is 1. The fraction of sp³-hybridized carbons (Fsp3) is 0.176. The number of nitrogens with zero attached hydrogens (tertiary/aromatic N) is 1. The molecule has 0 saturated carbocycles. The van der Waals surface area contributed by atoms with E-state index >= 15 is 0 Å². The Morgan fingerprint density at radius 3 is 2.50 bits per heavy atom. The Bertz CT molecular complexity index is 709. The molecule has 0 radical (unpaired) electrons. The number of ketones is 1. The van der Waals surface area contributed by atoms with Gasteiger partial charge in [0.15, 0.2) is 0 Å². The highest BCUT2D eigenvalue weighted by Gasteiger charge is 2.19. The van der Waals surface area contributed by atoms with E-state index in [0.29, 0.717) is 29.1 Å². The summed E-state index contributed by atoms with van der Waals surface area (Å²) in [6.07, 6.45) is 0. The van der Waals surface area contributed by atoms with Crippen LogP contribution < -0.4 is 10.5 Å². The zero-order chi connectivity index (χ0) is 16.1. The van der Waals surface area contributed by atoms with Crippen molar-refractivity contribution in [3.63, 3.8) is 0 Å². The number of ether oxygens (including phenoxy) is 1. The molecule has 2 N–H and O–H groups in total. The number of nitrogens with two attached hydrogens (primary N) is 1. The molecule has 2 rings (SSSR count). The van der Waals surface area contributed by atoms with Crippen LogP contribution in [0.5, 0.6) is 5.75 Å². The number of halogens is 1. The molecule has 2 aromatic rings. The molecule has 0 unspecified atom stereocenters. The van der Waals surface area contributed by atoms with Gasteiger partial charge in [-0.25, -0.2) is 4.39 Å². The Balaban J connectivity index is 2.45. The summed E-state index contributed by atoms with van der Waals surface area (Å²) in [5, 5.41) is 0. The molecule has 0 atom stereocenters. The van der Waals surface area contributed by atoms with Gasteiger partial charge >= 0.3 is 0 Å². The number of methoxy groups -OCH3 is 1. The topological polar surface area (TPSA) is 64.7 Å². The van der Waals surface area contributed by atoms with E-state index in [-0.39, 0.29) is 11.5 Å². The van der Waals surface area contributed by atoms with E-state index in [9.17, 15) is 9.18 Å². The van der Waals surface area contributed by atoms with Crippen LogP contribution in [-0.4, -0.2) is 25.1 Å². The van der Waals surface area contributed by atoms with Gasteiger partial charge < -0.3 is 10.5 Å². The summed E-state index contributed by atoms with van der Waals surface area (Å²) in [6.45, 7) is 2.20. The van der Waals surface area contributed by atoms with Gasteiger partial charge in [0.05, 0.1) is 7.11 Å². The Labute approximate surface area is 128 Å². The highest BCUT2D eigenvalue weighted by molar-refractivity contribution is 6.52. The maximum absolute atomic E-state index is 13.5. The number of aliphatic imine (C=N–C) groups is 1. The smallest absolute Gasteiger partial charge is 0.211 e. The maximum Gasteiger partial charge on any atom is 0.211 e. The molecule has 0 aliphatic heterocycles. The van der Waals surface area contributed by atoms with Crippen LogP contribution in [0.4, 0.5) is 10.1 Å². The molecule has 0 aliphatic carbocycles. The Morgan fingerprint density at radius 2 is 1.91 bits per heavy atom. The fourth-order valence-corrected chi connectivity index (χ4v) is 2.05. The van der Waals surface area contributed by atoms with Crippen LogP contribution in [0, 0.1) is 5.82 Å². The van der Waals surface area contributed by atoms with Gasteiger partial charge in [-0.3, -0.25) is 9.79 Å². The SMILES string of the molecule is CCN=C(C(=O)c1ccc(OC)cc1)c1cc(F)ccc1N. The third kappa shape index (κ3) is 3.31. The van der Waals surface area contributed by atoms with E-state index in [1.54, 1.807) is 38.3 Å². The first kappa shape index (κ1) is 15.7. The Kier molecular flexibility index (Phi) is 4.88. The van der Waals surface area contributed by atoms with Crippen molar-refractivity contribution < 1.29 is 13.9 Å². The third-order valence-electron chi connectivity index (χ3n) is 3.15. The molecule has 0 aliphatic rings. The molecule has 0 aromatic heterocycles. The monoisotopic (exact) mass is 300 g/mol. The zero-order valence-corrected chi connectivity index (χ0v) is 12.5. The molecule has 4 nitrogen and oxygen atoms in total. The molecule has 0 fully saturated rings. The maximum atomic E-state index is 13.5. The van der Waals surface area contributed by atoms with Crippen molar-refractivity contribution >= 4 is 17.2 Å². The molecule has 0 spiro atoms. The van der Waals surface area contributed by atoms with E-state index in [0.717, 1.165) is 0 Å². The summed E-state index contributed by atoms with van der Waals surface area (Å²) in [6, 6.07) is 10.6. The first-order chi connectivity index (χ1) is 10.6. The van der Waals surface area contributed by atoms with Crippen molar-refractivity contribution in [1.29, 1.82) is 0 Å². The van der Waals surface area contributed by atoms with Crippen molar-refractivity contribution in [1.82, 2.24) is 0 Å². The lowest BCUT2D eigenvalue weighted by Gasteiger charge is -2.09. The average molecular weight is 300 g/mol. The van der Waals surface area contributed by atoms with Gasteiger partial charge in [-0.2, -0.15) is 0 Å². The summed E-state index contributed by atoms with van der Waals surface area (Å²) in [4.78, 5) is 16.9. The zero-order valence-electron chi connectivity index (χ0n) is 12.5. The number of nitrogen functional groups attached to an aromatic ring is 1. The second-order valence-electron chi connectivity index (χ2n) is 4.61. The minimum absolute atomic E-state index is 0.157. The summed E-state index contributed by atoms with van der Waals surface area (Å²) in [5.41, 5.74) is 7.08. The number of hydrogen-bond acceptors (Lipinski definition) is 4. The van der Waals surface area contributed by atoms with Crippen molar-refractivity contribution in [2.24, 2.45) is 4.99 Å². The normalized spacial score (nSPS) is 11.3. The summed E-state index contributed by atoms with van der Waals surface area (Å²) < 4.78 is 18.5. The number of hydrogen-bond donors (Lipinski definition) is 1. The molecule has 22 heavy (non-hydrogen) atoms. The number of carbonyl (C=O) groups excluding carboxylic acids is 1. The second kappa shape index (κ2) is 6.85. The predicted molar refractivity (Wildman–Crippen MR) is 85.2 cm³/mol. The first-order valence-corrected chi connectivity index (χ1v) is 6.85. The standard InChI is InChI=1S/C17H17FN2O2/c1-3-20-16(14-10-12(18)6-9-15(14)19)17(21)11-4-7-13(22-2)8-5-11/h4-10H,3,19H2,1-2H3. The Hall–Kier alpha value is -2.69. The third-order valence-corrected chi connectivity index (χ3v) is 3.15. The van der Waals surface area contributed by atoms with Crippen LogP contribution in [0.2, 0.25) is 0 Å².